The zero-order valence-corrected chi connectivity index (χ0v) is 16.9. The first-order valence-electron chi connectivity index (χ1n) is 8.85. The number of para-hydroxylation sites is 1. The Bertz CT molecular complexity index is 584. The van der Waals surface area contributed by atoms with Crippen molar-refractivity contribution in [2.75, 3.05) is 31.1 Å². The van der Waals surface area contributed by atoms with Gasteiger partial charge in [0.05, 0.1) is 0 Å². The van der Waals surface area contributed by atoms with Crippen molar-refractivity contribution in [2.24, 2.45) is 11.1 Å². The van der Waals surface area contributed by atoms with Gasteiger partial charge in [-0.05, 0) is 49.8 Å². The number of carbonyl (C=O) groups is 1. The monoisotopic (exact) mass is 387 g/mol. The molecule has 0 saturated carbocycles. The molecule has 1 saturated heterocycles. The van der Waals surface area contributed by atoms with Crippen molar-refractivity contribution in [3.05, 3.63) is 29.8 Å². The highest BCUT2D eigenvalue weighted by Crippen LogP contribution is 2.31. The van der Waals surface area contributed by atoms with E-state index in [9.17, 15) is 4.79 Å². The second-order valence-corrected chi connectivity index (χ2v) is 7.54. The third-order valence-corrected chi connectivity index (χ3v) is 5.63. The van der Waals surface area contributed by atoms with E-state index in [4.69, 9.17) is 5.73 Å². The van der Waals surface area contributed by atoms with Gasteiger partial charge in [-0.2, -0.15) is 0 Å². The van der Waals surface area contributed by atoms with E-state index in [1.54, 1.807) is 0 Å². The summed E-state index contributed by atoms with van der Waals surface area (Å²) in [6.07, 6.45) is 3.93. The Morgan fingerprint density at radius 1 is 1.32 bits per heavy atom. The van der Waals surface area contributed by atoms with Crippen LogP contribution in [0.1, 0.15) is 38.7 Å². The molecule has 2 aliphatic rings. The van der Waals surface area contributed by atoms with Crippen LogP contribution in [0.5, 0.6) is 0 Å². The first-order chi connectivity index (χ1) is 11.0. The lowest BCUT2D eigenvalue weighted by Gasteiger charge is -2.37. The van der Waals surface area contributed by atoms with Crippen LogP contribution in [-0.4, -0.2) is 43.0 Å². The van der Waals surface area contributed by atoms with Gasteiger partial charge in [0.1, 0.15) is 0 Å². The highest BCUT2D eigenvalue weighted by molar-refractivity contribution is 5.85. The van der Waals surface area contributed by atoms with E-state index in [1.165, 1.54) is 17.7 Å². The van der Waals surface area contributed by atoms with Gasteiger partial charge in [-0.15, -0.1) is 24.8 Å². The predicted molar refractivity (Wildman–Crippen MR) is 109 cm³/mol. The molecule has 1 aromatic carbocycles. The van der Waals surface area contributed by atoms with Gasteiger partial charge < -0.3 is 15.5 Å². The first-order valence-corrected chi connectivity index (χ1v) is 8.85. The Labute approximate surface area is 163 Å². The molecule has 2 N–H and O–H groups in total. The molecule has 0 spiro atoms. The largest absolute Gasteiger partial charge is 0.368 e. The van der Waals surface area contributed by atoms with Crippen molar-refractivity contribution in [1.82, 2.24) is 4.90 Å². The summed E-state index contributed by atoms with van der Waals surface area (Å²) in [7, 11) is 0. The fraction of sp³-hybridized carbons (Fsp3) is 0.632. The summed E-state index contributed by atoms with van der Waals surface area (Å²) >= 11 is 0. The molecule has 142 valence electrons. The molecule has 0 aromatic heterocycles. The quantitative estimate of drug-likeness (QED) is 0.862. The summed E-state index contributed by atoms with van der Waals surface area (Å²) in [6.45, 7) is 7.60. The molecular weight excluding hydrogens is 357 g/mol. The van der Waals surface area contributed by atoms with E-state index in [0.29, 0.717) is 19.0 Å². The molecule has 1 fully saturated rings. The lowest BCUT2D eigenvalue weighted by molar-refractivity contribution is -0.130. The van der Waals surface area contributed by atoms with Crippen LogP contribution in [0.3, 0.4) is 0 Å². The number of nitrogens with two attached hydrogens (primary N) is 1. The summed E-state index contributed by atoms with van der Waals surface area (Å²) in [5.74, 6) is 0.275. The summed E-state index contributed by atoms with van der Waals surface area (Å²) in [5, 5.41) is 0. The third-order valence-electron chi connectivity index (χ3n) is 5.63. The third kappa shape index (κ3) is 4.81. The molecule has 1 aromatic rings. The van der Waals surface area contributed by atoms with Crippen LogP contribution in [0.15, 0.2) is 24.3 Å². The van der Waals surface area contributed by atoms with Gasteiger partial charge in [-0.25, -0.2) is 0 Å². The van der Waals surface area contributed by atoms with Crippen molar-refractivity contribution < 1.29 is 4.79 Å². The van der Waals surface area contributed by atoms with Gasteiger partial charge in [-0.3, -0.25) is 4.79 Å². The minimum atomic E-state index is 0. The van der Waals surface area contributed by atoms with Crippen LogP contribution in [0.25, 0.3) is 0 Å². The number of hydrogen-bond acceptors (Lipinski definition) is 3. The van der Waals surface area contributed by atoms with Gasteiger partial charge in [0.2, 0.25) is 5.91 Å². The Morgan fingerprint density at radius 3 is 2.72 bits per heavy atom. The summed E-state index contributed by atoms with van der Waals surface area (Å²) in [4.78, 5) is 17.0. The lowest BCUT2D eigenvalue weighted by atomic mass is 9.90. The Kier molecular flexibility index (Phi) is 8.04. The highest BCUT2D eigenvalue weighted by atomic mass is 35.5. The number of benzene rings is 1. The molecule has 2 aliphatic heterocycles. The van der Waals surface area contributed by atoms with E-state index in [2.05, 4.69) is 43.0 Å². The topological polar surface area (TPSA) is 49.6 Å². The Balaban J connectivity index is 0.00000156. The maximum Gasteiger partial charge on any atom is 0.224 e. The number of carbonyl (C=O) groups excluding carboxylic acids is 1. The second-order valence-electron chi connectivity index (χ2n) is 7.54. The number of fused-ring (bicyclic) bond motifs is 1. The summed E-state index contributed by atoms with van der Waals surface area (Å²) in [6, 6.07) is 9.11. The smallest absolute Gasteiger partial charge is 0.224 e. The van der Waals surface area contributed by atoms with Crippen LogP contribution in [0, 0.1) is 5.41 Å². The SMILES string of the molecule is CC1CCc2ccccc2N1CCC(=O)N1CCC(C)(CN)C1.Cl.Cl. The number of halogens is 2. The number of anilines is 1. The molecule has 3 rings (SSSR count). The van der Waals surface area contributed by atoms with Gasteiger partial charge in [0.15, 0.2) is 0 Å². The second kappa shape index (κ2) is 9.11. The summed E-state index contributed by atoms with van der Waals surface area (Å²) in [5.41, 5.74) is 8.68. The molecule has 0 bridgehead atoms. The average Bonchev–Trinajstić information content (AvgIpc) is 2.97. The Morgan fingerprint density at radius 2 is 2.04 bits per heavy atom. The molecule has 25 heavy (non-hydrogen) atoms. The van der Waals surface area contributed by atoms with Gasteiger partial charge in [-0.1, -0.05) is 25.1 Å². The van der Waals surface area contributed by atoms with Crippen LogP contribution >= 0.6 is 24.8 Å². The zero-order valence-electron chi connectivity index (χ0n) is 15.2. The number of nitrogens with zero attached hydrogens (tertiary/aromatic N) is 2. The minimum absolute atomic E-state index is 0. The van der Waals surface area contributed by atoms with Crippen molar-refractivity contribution in [2.45, 2.75) is 45.6 Å². The molecule has 2 unspecified atom stereocenters. The minimum Gasteiger partial charge on any atom is -0.368 e. The van der Waals surface area contributed by atoms with Crippen LogP contribution in [0.4, 0.5) is 5.69 Å². The molecule has 1 amide bonds. The first kappa shape index (κ1) is 22.1. The van der Waals surface area contributed by atoms with Crippen LogP contribution < -0.4 is 10.6 Å². The number of aryl methyl sites for hydroxylation is 1. The summed E-state index contributed by atoms with van der Waals surface area (Å²) < 4.78 is 0. The fourth-order valence-electron chi connectivity index (χ4n) is 3.88. The molecule has 2 heterocycles. The predicted octanol–water partition coefficient (Wildman–Crippen LogP) is 3.26. The number of amides is 1. The molecule has 2 atom stereocenters. The van der Waals surface area contributed by atoms with Crippen molar-refractivity contribution in [3.63, 3.8) is 0 Å². The van der Waals surface area contributed by atoms with Crippen LogP contribution in [-0.2, 0) is 11.2 Å². The molecule has 0 aliphatic carbocycles. The number of rotatable bonds is 4. The van der Waals surface area contributed by atoms with Gasteiger partial charge in [0.25, 0.3) is 0 Å². The molecule has 4 nitrogen and oxygen atoms in total. The maximum absolute atomic E-state index is 12.6. The Hall–Kier alpha value is -0.970. The molecule has 6 heteroatoms. The van der Waals surface area contributed by atoms with Crippen LogP contribution in [0.2, 0.25) is 0 Å². The van der Waals surface area contributed by atoms with Crippen molar-refractivity contribution in [1.29, 1.82) is 0 Å². The van der Waals surface area contributed by atoms with E-state index < -0.39 is 0 Å². The van der Waals surface area contributed by atoms with E-state index in [0.717, 1.165) is 32.5 Å². The van der Waals surface area contributed by atoms with Gasteiger partial charge >= 0.3 is 0 Å². The fourth-order valence-corrected chi connectivity index (χ4v) is 3.88. The zero-order chi connectivity index (χ0) is 16.4. The van der Waals surface area contributed by atoms with Crippen molar-refractivity contribution >= 4 is 36.4 Å². The average molecular weight is 388 g/mol. The number of likely N-dealkylation sites (tertiary alicyclic amines) is 1. The highest BCUT2D eigenvalue weighted by Gasteiger charge is 2.35. The lowest BCUT2D eigenvalue weighted by Crippen LogP contribution is -2.41. The standard InChI is InChI=1S/C19H29N3O.2ClH/c1-15-7-8-16-5-3-4-6-17(16)22(15)11-9-18(23)21-12-10-19(2,13-20)14-21;;/h3-6,15H,7-14,20H2,1-2H3;2*1H. The molecular formula is C19H31Cl2N3O. The van der Waals surface area contributed by atoms with Crippen molar-refractivity contribution in [3.8, 4) is 0 Å². The maximum atomic E-state index is 12.6. The normalized spacial score (nSPS) is 25.0. The van der Waals surface area contributed by atoms with E-state index in [1.807, 2.05) is 4.90 Å². The van der Waals surface area contributed by atoms with E-state index in [-0.39, 0.29) is 36.1 Å². The van der Waals surface area contributed by atoms with E-state index >= 15 is 0 Å². The molecule has 0 radical (unpaired) electrons. The number of hydrogen-bond donors (Lipinski definition) is 1. The van der Waals surface area contributed by atoms with Gasteiger partial charge in [0, 0.05) is 37.8 Å².